The van der Waals surface area contributed by atoms with Crippen LogP contribution in [-0.4, -0.2) is 60.9 Å². The van der Waals surface area contributed by atoms with Crippen molar-refractivity contribution in [3.63, 3.8) is 0 Å². The van der Waals surface area contributed by atoms with E-state index in [9.17, 15) is 14.4 Å². The summed E-state index contributed by atoms with van der Waals surface area (Å²) in [5.74, 6) is -0.131. The maximum Gasteiger partial charge on any atom is 0.307 e. The van der Waals surface area contributed by atoms with Gasteiger partial charge < -0.3 is 14.5 Å². The lowest BCUT2D eigenvalue weighted by Crippen LogP contribution is -2.47. The minimum Gasteiger partial charge on any atom is -0.469 e. The smallest absolute Gasteiger partial charge is 0.307 e. The van der Waals surface area contributed by atoms with Gasteiger partial charge in [-0.3, -0.25) is 14.4 Å². The molecule has 1 aliphatic carbocycles. The van der Waals surface area contributed by atoms with Crippen molar-refractivity contribution in [2.75, 3.05) is 27.2 Å². The molecule has 0 radical (unpaired) electrons. The average molecular weight is 282 g/mol. The fraction of sp³-hybridized carbons (Fsp3) is 0.786. The minimum absolute atomic E-state index is 0.0691. The third-order valence-corrected chi connectivity index (χ3v) is 4.00. The molecule has 1 heterocycles. The Morgan fingerprint density at radius 1 is 1.25 bits per heavy atom. The fourth-order valence-electron chi connectivity index (χ4n) is 2.58. The van der Waals surface area contributed by atoms with E-state index in [4.69, 9.17) is 0 Å². The predicted octanol–water partition coefficient (Wildman–Crippen LogP) is 0.409. The summed E-state index contributed by atoms with van der Waals surface area (Å²) in [5, 5.41) is 0. The largest absolute Gasteiger partial charge is 0.469 e. The Kier molecular flexibility index (Phi) is 4.62. The molecule has 2 rings (SSSR count). The molecule has 2 amide bonds. The monoisotopic (exact) mass is 282 g/mol. The highest BCUT2D eigenvalue weighted by atomic mass is 16.5. The van der Waals surface area contributed by atoms with Crippen molar-refractivity contribution in [1.29, 1.82) is 0 Å². The average Bonchev–Trinajstić information content (AvgIpc) is 3.19. The molecule has 112 valence electrons. The first-order valence-electron chi connectivity index (χ1n) is 7.17. The molecule has 1 atom stereocenters. The number of hydrogen-bond acceptors (Lipinski definition) is 4. The molecule has 2 aliphatic rings. The number of ether oxygens (including phenoxy) is 1. The fourth-order valence-corrected chi connectivity index (χ4v) is 2.58. The zero-order valence-electron chi connectivity index (χ0n) is 12.1. The van der Waals surface area contributed by atoms with Gasteiger partial charge in [0.25, 0.3) is 0 Å². The maximum atomic E-state index is 12.4. The van der Waals surface area contributed by atoms with Crippen LogP contribution in [0.2, 0.25) is 0 Å². The molecule has 0 aromatic carbocycles. The van der Waals surface area contributed by atoms with Crippen LogP contribution < -0.4 is 0 Å². The van der Waals surface area contributed by atoms with E-state index in [0.717, 1.165) is 25.7 Å². The van der Waals surface area contributed by atoms with Crippen LogP contribution in [0.3, 0.4) is 0 Å². The van der Waals surface area contributed by atoms with Gasteiger partial charge in [-0.2, -0.15) is 0 Å². The summed E-state index contributed by atoms with van der Waals surface area (Å²) in [6, 6.07) is -0.342. The molecule has 0 aromatic rings. The number of esters is 1. The topological polar surface area (TPSA) is 66.9 Å². The zero-order valence-corrected chi connectivity index (χ0v) is 12.1. The number of nitrogens with zero attached hydrogens (tertiary/aromatic N) is 2. The number of carbonyl (C=O) groups excluding carboxylic acids is 3. The molecule has 0 N–H and O–H groups in total. The lowest BCUT2D eigenvalue weighted by molar-refractivity contribution is -0.145. The standard InChI is InChI=1S/C14H22N2O4/c1-15(9-7-12(17)20-2)14(19)11-4-3-8-16(11)13(18)10-5-6-10/h10-11H,3-9H2,1-2H3. The SMILES string of the molecule is COC(=O)CCN(C)C(=O)C1CCCN1C(=O)C1CC1. The molecular weight excluding hydrogens is 260 g/mol. The molecular formula is C14H22N2O4. The quantitative estimate of drug-likeness (QED) is 0.685. The normalized spacial score (nSPS) is 21.7. The lowest BCUT2D eigenvalue weighted by atomic mass is 10.2. The molecule has 0 aromatic heterocycles. The van der Waals surface area contributed by atoms with Crippen LogP contribution in [-0.2, 0) is 19.1 Å². The number of likely N-dealkylation sites (N-methyl/N-ethyl adjacent to an activating group) is 1. The van der Waals surface area contributed by atoms with Crippen LogP contribution in [0.25, 0.3) is 0 Å². The van der Waals surface area contributed by atoms with Crippen molar-refractivity contribution < 1.29 is 19.1 Å². The second-order valence-corrected chi connectivity index (χ2v) is 5.55. The summed E-state index contributed by atoms with van der Waals surface area (Å²) in [6.07, 6.45) is 3.68. The van der Waals surface area contributed by atoms with Crippen LogP contribution in [0.15, 0.2) is 0 Å². The molecule has 0 spiro atoms. The van der Waals surface area contributed by atoms with Gasteiger partial charge in [0.2, 0.25) is 11.8 Å². The van der Waals surface area contributed by atoms with E-state index >= 15 is 0 Å². The van der Waals surface area contributed by atoms with Gasteiger partial charge in [-0.05, 0) is 25.7 Å². The Bertz CT molecular complexity index is 406. The summed E-state index contributed by atoms with van der Waals surface area (Å²) in [7, 11) is 3.00. The molecule has 6 heteroatoms. The zero-order chi connectivity index (χ0) is 14.7. The number of likely N-dealkylation sites (tertiary alicyclic amines) is 1. The molecule has 0 bridgehead atoms. The predicted molar refractivity (Wildman–Crippen MR) is 71.7 cm³/mol. The lowest BCUT2D eigenvalue weighted by Gasteiger charge is -2.28. The van der Waals surface area contributed by atoms with Crippen molar-refractivity contribution in [3.05, 3.63) is 0 Å². The highest BCUT2D eigenvalue weighted by Crippen LogP contribution is 2.33. The molecule has 2 fully saturated rings. The first kappa shape index (κ1) is 14.8. The van der Waals surface area contributed by atoms with Gasteiger partial charge in [-0.25, -0.2) is 0 Å². The summed E-state index contributed by atoms with van der Waals surface area (Å²) in [4.78, 5) is 38.9. The number of hydrogen-bond donors (Lipinski definition) is 0. The Morgan fingerprint density at radius 3 is 2.55 bits per heavy atom. The van der Waals surface area contributed by atoms with Gasteiger partial charge in [-0.1, -0.05) is 0 Å². The molecule has 6 nitrogen and oxygen atoms in total. The van der Waals surface area contributed by atoms with E-state index in [0.29, 0.717) is 13.1 Å². The second-order valence-electron chi connectivity index (χ2n) is 5.55. The van der Waals surface area contributed by atoms with Crippen molar-refractivity contribution in [2.45, 2.75) is 38.1 Å². The highest BCUT2D eigenvalue weighted by Gasteiger charge is 2.41. The summed E-state index contributed by atoms with van der Waals surface area (Å²) < 4.78 is 4.56. The van der Waals surface area contributed by atoms with Crippen LogP contribution in [0.5, 0.6) is 0 Å². The summed E-state index contributed by atoms with van der Waals surface area (Å²) >= 11 is 0. The number of methoxy groups -OCH3 is 1. The minimum atomic E-state index is -0.342. The molecule has 1 saturated heterocycles. The number of amides is 2. The maximum absolute atomic E-state index is 12.4. The van der Waals surface area contributed by atoms with Gasteiger partial charge >= 0.3 is 5.97 Å². The molecule has 1 aliphatic heterocycles. The molecule has 1 unspecified atom stereocenters. The Labute approximate surface area is 119 Å². The Hall–Kier alpha value is -1.59. The second kappa shape index (κ2) is 6.24. The Balaban J connectivity index is 1.89. The van der Waals surface area contributed by atoms with Crippen molar-refractivity contribution >= 4 is 17.8 Å². The Morgan fingerprint density at radius 2 is 1.95 bits per heavy atom. The summed E-state index contributed by atoms with van der Waals surface area (Å²) in [5.41, 5.74) is 0. The van der Waals surface area contributed by atoms with E-state index in [1.54, 1.807) is 11.9 Å². The van der Waals surface area contributed by atoms with Crippen LogP contribution in [0.1, 0.15) is 32.1 Å². The van der Waals surface area contributed by atoms with E-state index in [1.165, 1.54) is 12.0 Å². The third kappa shape index (κ3) is 3.29. The van der Waals surface area contributed by atoms with E-state index < -0.39 is 0 Å². The van der Waals surface area contributed by atoms with E-state index in [-0.39, 0.29) is 36.2 Å². The first-order valence-corrected chi connectivity index (χ1v) is 7.17. The van der Waals surface area contributed by atoms with Crippen LogP contribution in [0, 0.1) is 5.92 Å². The van der Waals surface area contributed by atoms with Gasteiger partial charge in [0.05, 0.1) is 13.5 Å². The van der Waals surface area contributed by atoms with Crippen molar-refractivity contribution in [1.82, 2.24) is 9.80 Å². The van der Waals surface area contributed by atoms with E-state index in [1.807, 2.05) is 0 Å². The van der Waals surface area contributed by atoms with Gasteiger partial charge in [0.15, 0.2) is 0 Å². The van der Waals surface area contributed by atoms with Crippen LogP contribution >= 0.6 is 0 Å². The number of carbonyl (C=O) groups is 3. The van der Waals surface area contributed by atoms with Gasteiger partial charge in [-0.15, -0.1) is 0 Å². The van der Waals surface area contributed by atoms with Crippen LogP contribution in [0.4, 0.5) is 0 Å². The first-order chi connectivity index (χ1) is 9.54. The van der Waals surface area contributed by atoms with Gasteiger partial charge in [0.1, 0.15) is 6.04 Å². The molecule has 20 heavy (non-hydrogen) atoms. The van der Waals surface area contributed by atoms with Crippen molar-refractivity contribution in [2.24, 2.45) is 5.92 Å². The van der Waals surface area contributed by atoms with E-state index in [2.05, 4.69) is 4.74 Å². The van der Waals surface area contributed by atoms with Crippen molar-refractivity contribution in [3.8, 4) is 0 Å². The number of rotatable bonds is 5. The summed E-state index contributed by atoms with van der Waals surface area (Å²) in [6.45, 7) is 1.00. The van der Waals surface area contributed by atoms with Gasteiger partial charge in [0, 0.05) is 26.1 Å². The highest BCUT2D eigenvalue weighted by molar-refractivity contribution is 5.90. The molecule has 1 saturated carbocycles. The third-order valence-electron chi connectivity index (χ3n) is 4.00.